The van der Waals surface area contributed by atoms with Gasteiger partial charge in [0.25, 0.3) is 5.91 Å². The second kappa shape index (κ2) is 13.6. The number of pyridine rings is 2. The molecule has 0 fully saturated rings. The monoisotopic (exact) mass is 594 g/mol. The van der Waals surface area contributed by atoms with E-state index in [4.69, 9.17) is 16.9 Å². The number of carbonyl (C=O) groups excluding carboxylic acids is 1. The van der Waals surface area contributed by atoms with Gasteiger partial charge in [0.15, 0.2) is 11.6 Å². The van der Waals surface area contributed by atoms with E-state index in [0.717, 1.165) is 18.2 Å². The SMILES string of the molecule is CC(=N/C(C(N)=O)=C1/Nc2c(F)cc(N)c(C=N)c2C1C)c1ccc(P)nc1Nc1nc(C)ccc1F.CCC(C)C. The Labute approximate surface area is 247 Å². The Morgan fingerprint density at radius 3 is 2.48 bits per heavy atom. The van der Waals surface area contributed by atoms with E-state index < -0.39 is 23.5 Å². The molecule has 2 unspecified atom stereocenters. The van der Waals surface area contributed by atoms with Crippen LogP contribution in [0.2, 0.25) is 0 Å². The first-order valence-electron chi connectivity index (χ1n) is 13.4. The van der Waals surface area contributed by atoms with Crippen molar-refractivity contribution in [3.8, 4) is 0 Å². The summed E-state index contributed by atoms with van der Waals surface area (Å²) in [7, 11) is 2.46. The molecule has 1 aliphatic rings. The van der Waals surface area contributed by atoms with Gasteiger partial charge in [-0.15, -0.1) is 0 Å². The highest BCUT2D eigenvalue weighted by atomic mass is 31.0. The van der Waals surface area contributed by atoms with E-state index in [0.29, 0.717) is 33.5 Å². The molecule has 9 nitrogen and oxygen atoms in total. The predicted octanol–water partition coefficient (Wildman–Crippen LogP) is 5.67. The van der Waals surface area contributed by atoms with Crippen LogP contribution in [0, 0.1) is 29.9 Å². The van der Waals surface area contributed by atoms with Crippen LogP contribution in [0.25, 0.3) is 0 Å². The number of nitrogens with two attached hydrogens (primary N) is 2. The van der Waals surface area contributed by atoms with E-state index in [-0.39, 0.29) is 34.4 Å². The van der Waals surface area contributed by atoms with Gasteiger partial charge in [0.2, 0.25) is 0 Å². The lowest BCUT2D eigenvalue weighted by Crippen LogP contribution is -2.19. The first-order chi connectivity index (χ1) is 19.8. The van der Waals surface area contributed by atoms with Crippen molar-refractivity contribution in [1.29, 1.82) is 5.41 Å². The number of nitrogens with one attached hydrogen (secondary N) is 3. The molecule has 2 atom stereocenters. The molecule has 42 heavy (non-hydrogen) atoms. The van der Waals surface area contributed by atoms with Crippen LogP contribution in [0.15, 0.2) is 46.7 Å². The molecule has 3 aromatic rings. The van der Waals surface area contributed by atoms with Gasteiger partial charge < -0.3 is 27.5 Å². The van der Waals surface area contributed by atoms with Gasteiger partial charge in [0.05, 0.1) is 16.8 Å². The molecule has 4 rings (SSSR count). The molecule has 0 radical (unpaired) electrons. The van der Waals surface area contributed by atoms with Crippen LogP contribution in [0.1, 0.15) is 69.3 Å². The molecular weight excluding hydrogens is 557 g/mol. The van der Waals surface area contributed by atoms with Gasteiger partial charge in [-0.05, 0) is 55.7 Å². The number of hydrogen-bond acceptors (Lipinski definition) is 8. The number of amides is 1. The molecule has 0 saturated carbocycles. The molecule has 0 bridgehead atoms. The van der Waals surface area contributed by atoms with Crippen LogP contribution in [0.3, 0.4) is 0 Å². The third-order valence-corrected chi connectivity index (χ3v) is 7.10. The Balaban J connectivity index is 0.000000892. The van der Waals surface area contributed by atoms with Crippen LogP contribution < -0.4 is 27.5 Å². The maximum atomic E-state index is 14.7. The summed E-state index contributed by atoms with van der Waals surface area (Å²) in [5.41, 5.74) is 14.7. The van der Waals surface area contributed by atoms with Crippen molar-refractivity contribution in [1.82, 2.24) is 9.97 Å². The van der Waals surface area contributed by atoms with Crippen molar-refractivity contribution in [2.75, 3.05) is 16.4 Å². The molecule has 12 heteroatoms. The van der Waals surface area contributed by atoms with E-state index in [2.05, 4.69) is 55.6 Å². The molecule has 1 amide bonds. The normalized spacial score (nSPS) is 15.4. The van der Waals surface area contributed by atoms with Crippen LogP contribution in [-0.2, 0) is 4.79 Å². The number of aliphatic imine (C=N–C) groups is 1. The van der Waals surface area contributed by atoms with Crippen LogP contribution in [0.5, 0.6) is 0 Å². The highest BCUT2D eigenvalue weighted by Crippen LogP contribution is 2.44. The third kappa shape index (κ3) is 7.15. The van der Waals surface area contributed by atoms with Crippen molar-refractivity contribution in [2.24, 2.45) is 16.6 Å². The van der Waals surface area contributed by atoms with E-state index >= 15 is 0 Å². The Kier molecular flexibility index (Phi) is 10.5. The molecule has 0 aliphatic carbocycles. The number of anilines is 4. The van der Waals surface area contributed by atoms with E-state index in [9.17, 15) is 13.6 Å². The van der Waals surface area contributed by atoms with Crippen molar-refractivity contribution >= 4 is 55.5 Å². The summed E-state index contributed by atoms with van der Waals surface area (Å²) in [6.45, 7) is 11.8. The predicted molar refractivity (Wildman–Crippen MR) is 170 cm³/mol. The third-order valence-electron chi connectivity index (χ3n) is 6.77. The van der Waals surface area contributed by atoms with Crippen molar-refractivity contribution in [2.45, 2.75) is 53.9 Å². The molecule has 1 aromatic carbocycles. The van der Waals surface area contributed by atoms with Crippen molar-refractivity contribution < 1.29 is 13.6 Å². The van der Waals surface area contributed by atoms with Crippen LogP contribution in [-0.4, -0.2) is 27.8 Å². The molecule has 0 saturated heterocycles. The molecule has 2 aromatic heterocycles. The highest BCUT2D eigenvalue weighted by molar-refractivity contribution is 7.26. The second-order valence-electron chi connectivity index (χ2n) is 10.3. The molecule has 0 spiro atoms. The first-order valence-corrected chi connectivity index (χ1v) is 14.0. The Morgan fingerprint density at radius 2 is 1.88 bits per heavy atom. The zero-order valence-electron chi connectivity index (χ0n) is 24.6. The lowest BCUT2D eigenvalue weighted by Gasteiger charge is -2.14. The minimum Gasteiger partial charge on any atom is -0.398 e. The van der Waals surface area contributed by atoms with Crippen molar-refractivity contribution in [3.63, 3.8) is 0 Å². The summed E-state index contributed by atoms with van der Waals surface area (Å²) in [5, 5.41) is 13.5. The number of carbonyl (C=O) groups is 1. The smallest absolute Gasteiger partial charge is 0.269 e. The summed E-state index contributed by atoms with van der Waals surface area (Å²) >= 11 is 0. The van der Waals surface area contributed by atoms with Gasteiger partial charge in [0.1, 0.15) is 17.3 Å². The average Bonchev–Trinajstić information content (AvgIpc) is 3.26. The molecule has 1 aliphatic heterocycles. The van der Waals surface area contributed by atoms with Gasteiger partial charge in [-0.2, -0.15) is 0 Å². The van der Waals surface area contributed by atoms with Crippen LogP contribution in [0.4, 0.5) is 31.8 Å². The Bertz CT molecular complexity index is 1590. The fourth-order valence-corrected chi connectivity index (χ4v) is 4.40. The summed E-state index contributed by atoms with van der Waals surface area (Å²) < 4.78 is 29.1. The maximum Gasteiger partial charge on any atom is 0.269 e. The number of rotatable bonds is 7. The minimum atomic E-state index is -0.845. The Morgan fingerprint density at radius 1 is 1.21 bits per heavy atom. The summed E-state index contributed by atoms with van der Waals surface area (Å²) in [6, 6.07) is 7.38. The molecule has 222 valence electrons. The Hall–Kier alpha value is -4.24. The van der Waals surface area contributed by atoms with Gasteiger partial charge in [-0.25, -0.2) is 23.7 Å². The number of hydrogen-bond donors (Lipinski definition) is 5. The minimum absolute atomic E-state index is 0.0144. The number of benzene rings is 1. The zero-order valence-corrected chi connectivity index (χ0v) is 25.7. The van der Waals surface area contributed by atoms with E-state index in [1.54, 1.807) is 39.0 Å². The lowest BCUT2D eigenvalue weighted by molar-refractivity contribution is -0.114. The standard InChI is InChI=1S/C25H25F2N8OP.C5H12/c1-10-4-6-15(26)25(31-10)35-24-13(5-7-18(37)33-24)12(3)32-22(23(30)36)20-11(2)19-14(9-28)17(29)8-16(27)21(19)34-20;1-4-5(2)3/h4-9,11,28,34H,29,37H2,1-3H3,(H2,30,36)(H,31,33,35);5H,4H2,1-3H3/b22-20+,28-9?,32-12?;. The van der Waals surface area contributed by atoms with Gasteiger partial charge in [-0.1, -0.05) is 43.4 Å². The number of primary amides is 1. The summed E-state index contributed by atoms with van der Waals surface area (Å²) in [6.07, 6.45) is 2.35. The number of halogens is 2. The highest BCUT2D eigenvalue weighted by Gasteiger charge is 2.33. The summed E-state index contributed by atoms with van der Waals surface area (Å²) in [5.74, 6) is -1.45. The topological polar surface area (TPSA) is 155 Å². The zero-order chi connectivity index (χ0) is 31.3. The van der Waals surface area contributed by atoms with E-state index in [1.165, 1.54) is 12.5 Å². The fourth-order valence-electron chi connectivity index (χ4n) is 4.17. The molecular formula is C30H37F2N8OP. The number of aryl methyl sites for hydroxylation is 1. The summed E-state index contributed by atoms with van der Waals surface area (Å²) in [4.78, 5) is 25.6. The number of aromatic nitrogens is 2. The quantitative estimate of drug-likeness (QED) is 0.103. The molecule has 3 heterocycles. The largest absolute Gasteiger partial charge is 0.398 e. The molecule has 7 N–H and O–H groups in total. The van der Waals surface area contributed by atoms with Gasteiger partial charge >= 0.3 is 0 Å². The van der Waals surface area contributed by atoms with Crippen molar-refractivity contribution in [3.05, 3.63) is 75.7 Å². The number of fused-ring (bicyclic) bond motifs is 1. The number of allylic oxidation sites excluding steroid dienone is 1. The average molecular weight is 595 g/mol. The first kappa shape index (κ1) is 32.3. The second-order valence-corrected chi connectivity index (χ2v) is 10.9. The van der Waals surface area contributed by atoms with E-state index in [1.807, 2.05) is 0 Å². The van der Waals surface area contributed by atoms with Crippen LogP contribution >= 0.6 is 9.24 Å². The number of nitrogen functional groups attached to an aromatic ring is 1. The van der Waals surface area contributed by atoms with Gasteiger partial charge in [0, 0.05) is 40.4 Å². The maximum absolute atomic E-state index is 14.7. The fraction of sp³-hybridized carbons (Fsp3) is 0.300. The lowest BCUT2D eigenvalue weighted by atomic mass is 9.93. The van der Waals surface area contributed by atoms with Gasteiger partial charge in [-0.3, -0.25) is 4.79 Å². The number of nitrogens with zero attached hydrogens (tertiary/aromatic N) is 3.